The largest absolute Gasteiger partial charge is 0.478 e. The van der Waals surface area contributed by atoms with Gasteiger partial charge in [-0.05, 0) is 54.3 Å². The molecule has 3 nitrogen and oxygen atoms in total. The van der Waals surface area contributed by atoms with Gasteiger partial charge in [-0.1, -0.05) is 29.8 Å². The number of halogens is 2. The van der Waals surface area contributed by atoms with E-state index in [1.807, 2.05) is 12.1 Å². The summed E-state index contributed by atoms with van der Waals surface area (Å²) in [6.45, 7) is 0. The van der Waals surface area contributed by atoms with Crippen molar-refractivity contribution in [3.63, 3.8) is 0 Å². The number of aromatic carboxylic acids is 1. The molecule has 4 rings (SSSR count). The van der Waals surface area contributed by atoms with Crippen molar-refractivity contribution in [2.24, 2.45) is 0 Å². The van der Waals surface area contributed by atoms with Gasteiger partial charge in [0.05, 0.1) is 5.56 Å². The first-order valence-corrected chi connectivity index (χ1v) is 8.70. The molecule has 26 heavy (non-hydrogen) atoms. The molecule has 0 unspecified atom stereocenters. The van der Waals surface area contributed by atoms with Crippen LogP contribution in [0.2, 0.25) is 5.02 Å². The SMILES string of the molecule is O=C(O)c1ccc(-c2ccc(Cl)cc2-c2ccc(C3CC3)nc2)c(F)c1. The van der Waals surface area contributed by atoms with Gasteiger partial charge >= 0.3 is 5.97 Å². The van der Waals surface area contributed by atoms with Crippen molar-refractivity contribution >= 4 is 17.6 Å². The van der Waals surface area contributed by atoms with Gasteiger partial charge in [0.15, 0.2) is 0 Å². The fourth-order valence-electron chi connectivity index (χ4n) is 3.04. The summed E-state index contributed by atoms with van der Waals surface area (Å²) in [7, 11) is 0. The molecule has 0 radical (unpaired) electrons. The lowest BCUT2D eigenvalue weighted by molar-refractivity contribution is 0.0696. The second kappa shape index (κ2) is 6.54. The molecule has 1 fully saturated rings. The molecule has 0 bridgehead atoms. The summed E-state index contributed by atoms with van der Waals surface area (Å²) in [5.41, 5.74) is 3.56. The van der Waals surface area contributed by atoms with Crippen LogP contribution in [0.5, 0.6) is 0 Å². The molecular formula is C21H15ClFNO2. The van der Waals surface area contributed by atoms with E-state index in [-0.39, 0.29) is 5.56 Å². The van der Waals surface area contributed by atoms with Crippen LogP contribution >= 0.6 is 11.6 Å². The van der Waals surface area contributed by atoms with Crippen LogP contribution in [0.15, 0.2) is 54.7 Å². The molecule has 0 spiro atoms. The summed E-state index contributed by atoms with van der Waals surface area (Å²) in [6.07, 6.45) is 4.14. The van der Waals surface area contributed by atoms with Gasteiger partial charge in [-0.3, -0.25) is 4.98 Å². The molecule has 1 heterocycles. The van der Waals surface area contributed by atoms with E-state index >= 15 is 0 Å². The lowest BCUT2D eigenvalue weighted by Crippen LogP contribution is -1.98. The van der Waals surface area contributed by atoms with Crippen LogP contribution in [-0.4, -0.2) is 16.1 Å². The molecule has 3 aromatic rings. The summed E-state index contributed by atoms with van der Waals surface area (Å²) >= 11 is 6.16. The Bertz CT molecular complexity index is 997. The van der Waals surface area contributed by atoms with Gasteiger partial charge in [0, 0.05) is 34.0 Å². The van der Waals surface area contributed by atoms with Crippen LogP contribution in [0, 0.1) is 5.82 Å². The topological polar surface area (TPSA) is 50.2 Å². The zero-order valence-corrected chi connectivity index (χ0v) is 14.5. The predicted molar refractivity (Wildman–Crippen MR) is 99.0 cm³/mol. The Kier molecular flexibility index (Phi) is 4.21. The Labute approximate surface area is 155 Å². The highest BCUT2D eigenvalue weighted by atomic mass is 35.5. The van der Waals surface area contributed by atoms with Crippen molar-refractivity contribution in [3.05, 3.63) is 76.8 Å². The van der Waals surface area contributed by atoms with Crippen LogP contribution in [0.25, 0.3) is 22.3 Å². The van der Waals surface area contributed by atoms with Crippen LogP contribution < -0.4 is 0 Å². The Morgan fingerprint density at radius 3 is 2.42 bits per heavy atom. The Morgan fingerprint density at radius 2 is 1.81 bits per heavy atom. The fourth-order valence-corrected chi connectivity index (χ4v) is 3.21. The second-order valence-electron chi connectivity index (χ2n) is 6.44. The molecule has 1 aliphatic carbocycles. The smallest absolute Gasteiger partial charge is 0.335 e. The van der Waals surface area contributed by atoms with E-state index in [0.717, 1.165) is 22.9 Å². The highest BCUT2D eigenvalue weighted by Crippen LogP contribution is 2.40. The lowest BCUT2D eigenvalue weighted by Gasteiger charge is -2.12. The maximum absolute atomic E-state index is 14.6. The maximum atomic E-state index is 14.6. The molecule has 1 N–H and O–H groups in total. The van der Waals surface area contributed by atoms with E-state index in [0.29, 0.717) is 22.1 Å². The summed E-state index contributed by atoms with van der Waals surface area (Å²) in [5, 5.41) is 9.56. The Balaban J connectivity index is 1.81. The number of rotatable bonds is 4. The molecular weight excluding hydrogens is 353 g/mol. The van der Waals surface area contributed by atoms with E-state index in [4.69, 9.17) is 16.7 Å². The van der Waals surface area contributed by atoms with Crippen molar-refractivity contribution in [2.45, 2.75) is 18.8 Å². The van der Waals surface area contributed by atoms with Crippen molar-refractivity contribution < 1.29 is 14.3 Å². The minimum atomic E-state index is -1.16. The Hall–Kier alpha value is -2.72. The summed E-state index contributed by atoms with van der Waals surface area (Å²) in [4.78, 5) is 15.6. The van der Waals surface area contributed by atoms with Crippen molar-refractivity contribution in [1.82, 2.24) is 4.98 Å². The van der Waals surface area contributed by atoms with Crippen molar-refractivity contribution in [2.75, 3.05) is 0 Å². The minimum Gasteiger partial charge on any atom is -0.478 e. The summed E-state index contributed by atoms with van der Waals surface area (Å²) in [6, 6.07) is 13.1. The van der Waals surface area contributed by atoms with Gasteiger partial charge < -0.3 is 5.11 Å². The van der Waals surface area contributed by atoms with Gasteiger partial charge in [0.25, 0.3) is 0 Å². The van der Waals surface area contributed by atoms with Crippen LogP contribution in [0.4, 0.5) is 4.39 Å². The third-order valence-corrected chi connectivity index (χ3v) is 4.82. The molecule has 1 aliphatic rings. The molecule has 0 atom stereocenters. The van der Waals surface area contributed by atoms with E-state index in [1.165, 1.54) is 25.0 Å². The molecule has 2 aromatic carbocycles. The lowest BCUT2D eigenvalue weighted by atomic mass is 9.94. The number of carboxylic acids is 1. The van der Waals surface area contributed by atoms with Gasteiger partial charge in [-0.2, -0.15) is 0 Å². The van der Waals surface area contributed by atoms with Crippen molar-refractivity contribution in [1.29, 1.82) is 0 Å². The second-order valence-corrected chi connectivity index (χ2v) is 6.87. The van der Waals surface area contributed by atoms with E-state index < -0.39 is 11.8 Å². The summed E-state index contributed by atoms with van der Waals surface area (Å²) in [5.74, 6) is -1.19. The number of benzene rings is 2. The number of carboxylic acid groups (broad SMARTS) is 1. The molecule has 0 amide bonds. The number of nitrogens with zero attached hydrogens (tertiary/aromatic N) is 1. The van der Waals surface area contributed by atoms with Gasteiger partial charge in [0.2, 0.25) is 0 Å². The molecule has 0 aliphatic heterocycles. The first kappa shape index (κ1) is 16.7. The zero-order valence-electron chi connectivity index (χ0n) is 13.7. The third-order valence-electron chi connectivity index (χ3n) is 4.58. The minimum absolute atomic E-state index is 0.0859. The number of hydrogen-bond acceptors (Lipinski definition) is 2. The maximum Gasteiger partial charge on any atom is 0.335 e. The van der Waals surface area contributed by atoms with E-state index in [2.05, 4.69) is 4.98 Å². The van der Waals surface area contributed by atoms with E-state index in [1.54, 1.807) is 24.4 Å². The van der Waals surface area contributed by atoms with Crippen molar-refractivity contribution in [3.8, 4) is 22.3 Å². The fraction of sp³-hybridized carbons (Fsp3) is 0.143. The van der Waals surface area contributed by atoms with Gasteiger partial charge in [-0.25, -0.2) is 9.18 Å². The highest BCUT2D eigenvalue weighted by Gasteiger charge is 2.24. The Morgan fingerprint density at radius 1 is 1.04 bits per heavy atom. The van der Waals surface area contributed by atoms with E-state index in [9.17, 15) is 9.18 Å². The quantitative estimate of drug-likeness (QED) is 0.635. The zero-order chi connectivity index (χ0) is 18.3. The molecule has 5 heteroatoms. The number of pyridine rings is 1. The van der Waals surface area contributed by atoms with Gasteiger partial charge in [0.1, 0.15) is 5.82 Å². The first-order valence-electron chi connectivity index (χ1n) is 8.32. The molecule has 130 valence electrons. The monoisotopic (exact) mass is 367 g/mol. The normalized spacial score (nSPS) is 13.6. The summed E-state index contributed by atoms with van der Waals surface area (Å²) < 4.78 is 14.6. The standard InChI is InChI=1S/C21H15ClFNO2/c22-15-5-7-16(17-6-3-13(21(25)26)9-19(17)23)18(10-15)14-4-8-20(24-11-14)12-1-2-12/h3-12H,1-2H2,(H,25,26). The van der Waals surface area contributed by atoms with Gasteiger partial charge in [-0.15, -0.1) is 0 Å². The number of hydrogen-bond donors (Lipinski definition) is 1. The van der Waals surface area contributed by atoms with Crippen LogP contribution in [0.1, 0.15) is 34.8 Å². The molecule has 0 saturated heterocycles. The average Bonchev–Trinajstić information content (AvgIpc) is 3.47. The molecule has 1 saturated carbocycles. The highest BCUT2D eigenvalue weighted by molar-refractivity contribution is 6.31. The predicted octanol–water partition coefficient (Wildman–Crippen LogP) is 5.78. The van der Waals surface area contributed by atoms with Crippen LogP contribution in [0.3, 0.4) is 0 Å². The average molecular weight is 368 g/mol. The number of aromatic nitrogens is 1. The number of carbonyl (C=O) groups is 1. The molecule has 1 aromatic heterocycles. The first-order chi connectivity index (χ1) is 12.5. The third kappa shape index (κ3) is 3.20. The van der Waals surface area contributed by atoms with Crippen LogP contribution in [-0.2, 0) is 0 Å².